The van der Waals surface area contributed by atoms with Crippen molar-refractivity contribution in [1.82, 2.24) is 5.43 Å². The maximum Gasteiger partial charge on any atom is 0.329 e. The third-order valence-corrected chi connectivity index (χ3v) is 4.39. The Hall–Kier alpha value is -4.13. The molecule has 0 saturated heterocycles. The van der Waals surface area contributed by atoms with E-state index in [-0.39, 0.29) is 0 Å². The summed E-state index contributed by atoms with van der Waals surface area (Å²) in [7, 11) is 0. The lowest BCUT2D eigenvalue weighted by Crippen LogP contribution is -2.32. The molecule has 7 heteroatoms. The van der Waals surface area contributed by atoms with Crippen molar-refractivity contribution in [3.63, 3.8) is 0 Å². The van der Waals surface area contributed by atoms with E-state index >= 15 is 0 Å². The zero-order chi connectivity index (χ0) is 22.8. The van der Waals surface area contributed by atoms with Gasteiger partial charge in [0.1, 0.15) is 18.1 Å². The Morgan fingerprint density at radius 1 is 0.938 bits per heavy atom. The second-order valence-corrected chi connectivity index (χ2v) is 6.93. The zero-order valence-corrected chi connectivity index (χ0v) is 18.0. The third kappa shape index (κ3) is 6.70. The minimum Gasteiger partial charge on any atom is -0.492 e. The molecule has 32 heavy (non-hydrogen) atoms. The Morgan fingerprint density at radius 3 is 2.47 bits per heavy atom. The van der Waals surface area contributed by atoms with Gasteiger partial charge in [-0.2, -0.15) is 5.10 Å². The molecule has 0 aliphatic carbocycles. The molecule has 0 atom stereocenters. The first-order valence-corrected chi connectivity index (χ1v) is 10.2. The summed E-state index contributed by atoms with van der Waals surface area (Å²) in [6.07, 6.45) is 1.45. The van der Waals surface area contributed by atoms with Gasteiger partial charge in [-0.1, -0.05) is 42.0 Å². The van der Waals surface area contributed by atoms with Crippen LogP contribution in [-0.4, -0.2) is 24.6 Å². The average molecular weight is 431 g/mol. The van der Waals surface area contributed by atoms with E-state index in [4.69, 9.17) is 9.47 Å². The molecule has 3 rings (SSSR count). The van der Waals surface area contributed by atoms with Gasteiger partial charge >= 0.3 is 11.8 Å². The van der Waals surface area contributed by atoms with E-state index in [9.17, 15) is 9.59 Å². The molecule has 0 aromatic heterocycles. The molecule has 7 nitrogen and oxygen atoms in total. The molecular formula is C25H25N3O4. The first kappa shape index (κ1) is 22.6. The van der Waals surface area contributed by atoms with Crippen LogP contribution in [0.3, 0.4) is 0 Å². The number of hydrogen-bond acceptors (Lipinski definition) is 5. The van der Waals surface area contributed by atoms with E-state index in [0.29, 0.717) is 24.7 Å². The van der Waals surface area contributed by atoms with Crippen LogP contribution >= 0.6 is 0 Å². The molecule has 0 spiro atoms. The number of nitrogens with one attached hydrogen (secondary N) is 2. The number of aryl methyl sites for hydroxylation is 1. The lowest BCUT2D eigenvalue weighted by atomic mass is 10.1. The highest BCUT2D eigenvalue weighted by Gasteiger charge is 2.15. The molecule has 0 radical (unpaired) electrons. The molecule has 2 amide bonds. The number of carbonyl (C=O) groups excluding carboxylic acids is 2. The van der Waals surface area contributed by atoms with Crippen LogP contribution in [0.5, 0.6) is 11.5 Å². The number of hydrazone groups is 1. The van der Waals surface area contributed by atoms with Crippen LogP contribution in [0.1, 0.15) is 23.6 Å². The predicted molar refractivity (Wildman–Crippen MR) is 124 cm³/mol. The highest BCUT2D eigenvalue weighted by molar-refractivity contribution is 6.39. The number of amides is 2. The first-order chi connectivity index (χ1) is 15.5. The number of benzene rings is 3. The fraction of sp³-hybridized carbons (Fsp3) is 0.160. The Balaban J connectivity index is 1.48. The van der Waals surface area contributed by atoms with E-state index in [1.165, 1.54) is 11.8 Å². The number of anilines is 1. The fourth-order valence-electron chi connectivity index (χ4n) is 2.87. The van der Waals surface area contributed by atoms with E-state index in [2.05, 4.69) is 21.9 Å². The maximum absolute atomic E-state index is 12.1. The second kappa shape index (κ2) is 11.3. The van der Waals surface area contributed by atoms with Gasteiger partial charge in [-0.05, 0) is 61.4 Å². The zero-order valence-electron chi connectivity index (χ0n) is 18.0. The summed E-state index contributed by atoms with van der Waals surface area (Å²) in [5.74, 6) is -0.510. The first-order valence-electron chi connectivity index (χ1n) is 10.2. The maximum atomic E-state index is 12.1. The van der Waals surface area contributed by atoms with Crippen molar-refractivity contribution >= 4 is 23.7 Å². The van der Waals surface area contributed by atoms with Crippen LogP contribution in [0.4, 0.5) is 5.69 Å². The van der Waals surface area contributed by atoms with Crippen molar-refractivity contribution in [3.8, 4) is 11.5 Å². The van der Waals surface area contributed by atoms with Crippen LogP contribution in [0.25, 0.3) is 0 Å². The monoisotopic (exact) mass is 431 g/mol. The molecule has 0 saturated carbocycles. The SMILES string of the molecule is CCOc1ccccc1NC(=O)C(=O)N/N=C/c1ccc(OCc2cccc(C)c2)cc1. The van der Waals surface area contributed by atoms with Crippen LogP contribution in [-0.2, 0) is 16.2 Å². The molecule has 3 aromatic carbocycles. The normalized spacial score (nSPS) is 10.6. The molecule has 0 heterocycles. The summed E-state index contributed by atoms with van der Waals surface area (Å²) in [5.41, 5.74) is 5.66. The predicted octanol–water partition coefficient (Wildman–Crippen LogP) is 4.06. The topological polar surface area (TPSA) is 89.0 Å². The minimum atomic E-state index is -0.884. The summed E-state index contributed by atoms with van der Waals surface area (Å²) in [6, 6.07) is 22.3. The van der Waals surface area contributed by atoms with Gasteiger partial charge in [-0.3, -0.25) is 9.59 Å². The van der Waals surface area contributed by atoms with Gasteiger partial charge < -0.3 is 14.8 Å². The lowest BCUT2D eigenvalue weighted by molar-refractivity contribution is -0.136. The number of para-hydroxylation sites is 2. The van der Waals surface area contributed by atoms with Gasteiger partial charge in [0.25, 0.3) is 0 Å². The Bertz CT molecular complexity index is 1090. The molecular weight excluding hydrogens is 406 g/mol. The number of ether oxygens (including phenoxy) is 2. The second-order valence-electron chi connectivity index (χ2n) is 6.93. The Labute approximate surface area is 187 Å². The third-order valence-electron chi connectivity index (χ3n) is 4.39. The quantitative estimate of drug-likeness (QED) is 0.320. The van der Waals surface area contributed by atoms with Crippen molar-refractivity contribution in [2.24, 2.45) is 5.10 Å². The molecule has 0 aliphatic heterocycles. The number of hydrogen-bond donors (Lipinski definition) is 2. The molecule has 3 aromatic rings. The molecule has 0 bridgehead atoms. The Morgan fingerprint density at radius 2 is 1.72 bits per heavy atom. The van der Waals surface area contributed by atoms with Gasteiger partial charge in [-0.15, -0.1) is 0 Å². The van der Waals surface area contributed by atoms with Crippen LogP contribution in [0.2, 0.25) is 0 Å². The molecule has 0 unspecified atom stereocenters. The standard InChI is InChI=1S/C25H25N3O4/c1-3-31-23-10-5-4-9-22(23)27-24(29)25(30)28-26-16-19-11-13-21(14-12-19)32-17-20-8-6-7-18(2)15-20/h4-16H,3,17H2,1-2H3,(H,27,29)(H,28,30)/b26-16+. The largest absolute Gasteiger partial charge is 0.492 e. The fourth-order valence-corrected chi connectivity index (χ4v) is 2.87. The van der Waals surface area contributed by atoms with Crippen LogP contribution in [0.15, 0.2) is 77.9 Å². The van der Waals surface area contributed by atoms with Gasteiger partial charge in [0, 0.05) is 0 Å². The Kier molecular flexibility index (Phi) is 7.97. The van der Waals surface area contributed by atoms with Crippen molar-refractivity contribution in [2.45, 2.75) is 20.5 Å². The molecule has 164 valence electrons. The molecule has 0 aliphatic rings. The highest BCUT2D eigenvalue weighted by atomic mass is 16.5. The smallest absolute Gasteiger partial charge is 0.329 e. The van der Waals surface area contributed by atoms with E-state index in [0.717, 1.165) is 16.9 Å². The van der Waals surface area contributed by atoms with Crippen LogP contribution < -0.4 is 20.2 Å². The number of rotatable bonds is 8. The summed E-state index contributed by atoms with van der Waals surface area (Å²) in [6.45, 7) is 4.80. The van der Waals surface area contributed by atoms with E-state index < -0.39 is 11.8 Å². The number of carbonyl (C=O) groups is 2. The summed E-state index contributed by atoms with van der Waals surface area (Å²) < 4.78 is 11.2. The minimum absolute atomic E-state index is 0.416. The van der Waals surface area contributed by atoms with E-state index in [1.54, 1.807) is 36.4 Å². The summed E-state index contributed by atoms with van der Waals surface area (Å²) >= 11 is 0. The highest BCUT2D eigenvalue weighted by Crippen LogP contribution is 2.23. The lowest BCUT2D eigenvalue weighted by Gasteiger charge is -2.10. The van der Waals surface area contributed by atoms with Gasteiger partial charge in [-0.25, -0.2) is 5.43 Å². The van der Waals surface area contributed by atoms with Gasteiger partial charge in [0.15, 0.2) is 0 Å². The van der Waals surface area contributed by atoms with Crippen molar-refractivity contribution in [3.05, 3.63) is 89.5 Å². The van der Waals surface area contributed by atoms with Crippen LogP contribution in [0, 0.1) is 6.92 Å². The summed E-state index contributed by atoms with van der Waals surface area (Å²) in [5, 5.41) is 6.35. The van der Waals surface area contributed by atoms with Gasteiger partial charge in [0.2, 0.25) is 0 Å². The molecule has 2 N–H and O–H groups in total. The van der Waals surface area contributed by atoms with Crippen molar-refractivity contribution < 1.29 is 19.1 Å². The van der Waals surface area contributed by atoms with Gasteiger partial charge in [0.05, 0.1) is 18.5 Å². The van der Waals surface area contributed by atoms with E-state index in [1.807, 2.05) is 44.2 Å². The van der Waals surface area contributed by atoms with Crippen molar-refractivity contribution in [1.29, 1.82) is 0 Å². The summed E-state index contributed by atoms with van der Waals surface area (Å²) in [4.78, 5) is 24.1. The average Bonchev–Trinajstić information content (AvgIpc) is 2.80. The molecule has 0 fully saturated rings. The van der Waals surface area contributed by atoms with Crippen molar-refractivity contribution in [2.75, 3.05) is 11.9 Å². The number of nitrogens with zero attached hydrogens (tertiary/aromatic N) is 1.